The number of nitrogens with zero attached hydrogens (tertiary/aromatic N) is 1. The van der Waals surface area contributed by atoms with Crippen molar-refractivity contribution in [1.82, 2.24) is 4.90 Å². The van der Waals surface area contributed by atoms with E-state index >= 15 is 0 Å². The average molecular weight is 208 g/mol. The predicted octanol–water partition coefficient (Wildman–Crippen LogP) is 2.02. The van der Waals surface area contributed by atoms with Crippen LogP contribution < -0.4 is 0 Å². The maximum atomic E-state index is 8.28. The average Bonchev–Trinajstić information content (AvgIpc) is 2.91. The number of nitrogens with one attached hydrogen (secondary N) is 1. The van der Waals surface area contributed by atoms with Gasteiger partial charge in [0.05, 0.1) is 12.2 Å². The lowest BCUT2D eigenvalue weighted by Crippen LogP contribution is -2.42. The fraction of sp³-hybridized carbons (Fsp3) is 0.917. The number of ether oxygens (including phenoxy) is 1. The molecule has 3 aliphatic heterocycles. The maximum absolute atomic E-state index is 8.28. The van der Waals surface area contributed by atoms with Crippen LogP contribution in [0.15, 0.2) is 0 Å². The molecular formula is C12H20N2O. The number of hydrogen-bond donors (Lipinski definition) is 1. The fourth-order valence-electron chi connectivity index (χ4n) is 3.29. The van der Waals surface area contributed by atoms with Crippen molar-refractivity contribution in [2.75, 3.05) is 13.1 Å². The Labute approximate surface area is 91.3 Å². The third-order valence-electron chi connectivity index (χ3n) is 4.15. The minimum Gasteiger partial charge on any atom is -0.374 e. The summed E-state index contributed by atoms with van der Waals surface area (Å²) in [5, 5.41) is 8.28. The van der Waals surface area contributed by atoms with Crippen LogP contribution in [0, 0.1) is 11.3 Å². The molecule has 2 bridgehead atoms. The lowest BCUT2D eigenvalue weighted by atomic mass is 9.87. The normalized spacial score (nSPS) is 39.7. The SMILES string of the molecule is N=C(C1CC2CCC1O2)N1CCCCC1. The minimum absolute atomic E-state index is 0.379. The Hall–Kier alpha value is -0.570. The van der Waals surface area contributed by atoms with E-state index in [2.05, 4.69) is 4.90 Å². The summed E-state index contributed by atoms with van der Waals surface area (Å²) < 4.78 is 5.83. The van der Waals surface area contributed by atoms with E-state index < -0.39 is 0 Å². The van der Waals surface area contributed by atoms with E-state index in [1.807, 2.05) is 0 Å². The first-order valence-electron chi connectivity index (χ1n) is 6.33. The van der Waals surface area contributed by atoms with Gasteiger partial charge >= 0.3 is 0 Å². The molecule has 3 rings (SSSR count). The zero-order valence-corrected chi connectivity index (χ0v) is 9.24. The topological polar surface area (TPSA) is 36.3 Å². The van der Waals surface area contributed by atoms with Crippen molar-refractivity contribution in [3.8, 4) is 0 Å². The third kappa shape index (κ3) is 1.67. The molecule has 3 nitrogen and oxygen atoms in total. The lowest BCUT2D eigenvalue weighted by Gasteiger charge is -2.33. The van der Waals surface area contributed by atoms with Gasteiger partial charge in [-0.25, -0.2) is 0 Å². The molecule has 3 unspecified atom stereocenters. The molecule has 3 fully saturated rings. The zero-order valence-electron chi connectivity index (χ0n) is 9.24. The number of fused-ring (bicyclic) bond motifs is 2. The fourth-order valence-corrected chi connectivity index (χ4v) is 3.29. The highest BCUT2D eigenvalue weighted by Gasteiger charge is 2.43. The monoisotopic (exact) mass is 208 g/mol. The molecule has 0 aromatic carbocycles. The van der Waals surface area contributed by atoms with Gasteiger partial charge in [-0.2, -0.15) is 0 Å². The molecule has 0 aromatic rings. The molecule has 3 heteroatoms. The summed E-state index contributed by atoms with van der Waals surface area (Å²) in [6.45, 7) is 2.21. The lowest BCUT2D eigenvalue weighted by molar-refractivity contribution is 0.0980. The van der Waals surface area contributed by atoms with Gasteiger partial charge in [0.1, 0.15) is 5.84 Å². The second-order valence-corrected chi connectivity index (χ2v) is 5.15. The second-order valence-electron chi connectivity index (χ2n) is 5.15. The van der Waals surface area contributed by atoms with Crippen molar-refractivity contribution in [2.24, 2.45) is 5.92 Å². The van der Waals surface area contributed by atoms with Gasteiger partial charge in [-0.05, 0) is 38.5 Å². The van der Waals surface area contributed by atoms with Gasteiger partial charge in [0, 0.05) is 19.0 Å². The van der Waals surface area contributed by atoms with Gasteiger partial charge in [-0.15, -0.1) is 0 Å². The molecule has 15 heavy (non-hydrogen) atoms. The summed E-state index contributed by atoms with van der Waals surface area (Å²) in [6, 6.07) is 0. The molecule has 0 spiro atoms. The summed E-state index contributed by atoms with van der Waals surface area (Å²) in [6.07, 6.45) is 8.26. The largest absolute Gasteiger partial charge is 0.374 e. The van der Waals surface area contributed by atoms with E-state index in [1.165, 1.54) is 32.1 Å². The van der Waals surface area contributed by atoms with Crippen molar-refractivity contribution < 1.29 is 4.74 Å². The number of piperidine rings is 1. The van der Waals surface area contributed by atoms with Crippen LogP contribution in [0.5, 0.6) is 0 Å². The molecule has 1 N–H and O–H groups in total. The van der Waals surface area contributed by atoms with Crippen LogP contribution in [0.2, 0.25) is 0 Å². The Morgan fingerprint density at radius 3 is 2.53 bits per heavy atom. The quantitative estimate of drug-likeness (QED) is 0.528. The van der Waals surface area contributed by atoms with Crippen molar-refractivity contribution in [1.29, 1.82) is 5.41 Å². The van der Waals surface area contributed by atoms with E-state index in [1.54, 1.807) is 0 Å². The number of amidine groups is 1. The zero-order chi connectivity index (χ0) is 10.3. The van der Waals surface area contributed by atoms with Crippen molar-refractivity contribution in [3.05, 3.63) is 0 Å². The minimum atomic E-state index is 0.379. The van der Waals surface area contributed by atoms with Crippen LogP contribution in [0.4, 0.5) is 0 Å². The van der Waals surface area contributed by atoms with Crippen LogP contribution in [-0.4, -0.2) is 36.0 Å². The molecular weight excluding hydrogens is 188 g/mol. The first kappa shape index (κ1) is 9.64. The summed E-state index contributed by atoms with van der Waals surface area (Å²) in [5.74, 6) is 1.30. The third-order valence-corrected chi connectivity index (χ3v) is 4.15. The molecule has 0 amide bonds. The molecule has 0 aromatic heterocycles. The molecule has 0 aliphatic carbocycles. The Morgan fingerprint density at radius 2 is 1.93 bits per heavy atom. The summed E-state index contributed by atoms with van der Waals surface area (Å²) >= 11 is 0. The number of likely N-dealkylation sites (tertiary alicyclic amines) is 1. The molecule has 3 aliphatic rings. The van der Waals surface area contributed by atoms with Crippen molar-refractivity contribution in [3.63, 3.8) is 0 Å². The number of rotatable bonds is 1. The molecule has 3 heterocycles. The standard InChI is InChI=1S/C12H20N2O/c13-12(14-6-2-1-3-7-14)10-8-9-4-5-11(10)15-9/h9-11,13H,1-8H2. The van der Waals surface area contributed by atoms with Gasteiger partial charge in [-0.1, -0.05) is 0 Å². The Balaban J connectivity index is 1.64. The maximum Gasteiger partial charge on any atom is 0.102 e. The molecule has 3 saturated heterocycles. The van der Waals surface area contributed by atoms with Gasteiger partial charge < -0.3 is 9.64 Å². The van der Waals surface area contributed by atoms with Crippen LogP contribution in [0.3, 0.4) is 0 Å². The van der Waals surface area contributed by atoms with E-state index in [0.29, 0.717) is 18.1 Å². The van der Waals surface area contributed by atoms with E-state index in [9.17, 15) is 0 Å². The van der Waals surface area contributed by atoms with Gasteiger partial charge in [0.15, 0.2) is 0 Å². The summed E-state index contributed by atoms with van der Waals surface area (Å²) in [7, 11) is 0. The molecule has 84 valence electrons. The van der Waals surface area contributed by atoms with Crippen LogP contribution in [-0.2, 0) is 4.74 Å². The van der Waals surface area contributed by atoms with E-state index in [4.69, 9.17) is 10.1 Å². The van der Waals surface area contributed by atoms with Crippen LogP contribution in [0.1, 0.15) is 38.5 Å². The van der Waals surface area contributed by atoms with E-state index in [-0.39, 0.29) is 0 Å². The summed E-state index contributed by atoms with van der Waals surface area (Å²) in [4.78, 5) is 2.29. The highest BCUT2D eigenvalue weighted by atomic mass is 16.5. The number of hydrogen-bond acceptors (Lipinski definition) is 2. The summed E-state index contributed by atoms with van der Waals surface area (Å²) in [5.41, 5.74) is 0. The smallest absolute Gasteiger partial charge is 0.102 e. The molecule has 3 atom stereocenters. The van der Waals surface area contributed by atoms with Gasteiger partial charge in [0.25, 0.3) is 0 Å². The van der Waals surface area contributed by atoms with Crippen LogP contribution >= 0.6 is 0 Å². The van der Waals surface area contributed by atoms with Crippen molar-refractivity contribution >= 4 is 5.84 Å². The Kier molecular flexibility index (Phi) is 2.43. The van der Waals surface area contributed by atoms with Crippen LogP contribution in [0.25, 0.3) is 0 Å². The van der Waals surface area contributed by atoms with E-state index in [0.717, 1.165) is 25.3 Å². The Bertz CT molecular complexity index is 260. The first-order valence-corrected chi connectivity index (χ1v) is 6.33. The highest BCUT2D eigenvalue weighted by molar-refractivity contribution is 5.82. The van der Waals surface area contributed by atoms with Crippen molar-refractivity contribution in [2.45, 2.75) is 50.7 Å². The molecule has 0 saturated carbocycles. The second kappa shape index (κ2) is 3.78. The van der Waals surface area contributed by atoms with Gasteiger partial charge in [0.2, 0.25) is 0 Å². The molecule has 0 radical (unpaired) electrons. The predicted molar refractivity (Wildman–Crippen MR) is 59.2 cm³/mol. The van der Waals surface area contributed by atoms with Gasteiger partial charge in [-0.3, -0.25) is 5.41 Å². The highest BCUT2D eigenvalue weighted by Crippen LogP contribution is 2.39. The first-order chi connectivity index (χ1) is 7.34. The Morgan fingerprint density at radius 1 is 1.13 bits per heavy atom.